The van der Waals surface area contributed by atoms with Crippen LogP contribution in [0.15, 0.2) is 71.6 Å². The maximum atomic E-state index is 12.9. The van der Waals surface area contributed by atoms with Gasteiger partial charge in [0.1, 0.15) is 6.61 Å². The maximum Gasteiger partial charge on any atom is 0.298 e. The van der Waals surface area contributed by atoms with Crippen molar-refractivity contribution in [2.45, 2.75) is 6.61 Å². The number of benzene rings is 3. The Morgan fingerprint density at radius 3 is 2.44 bits per heavy atom. The molecule has 0 N–H and O–H groups in total. The Morgan fingerprint density at radius 1 is 1.09 bits per heavy atom. The Bertz CT molecular complexity index is 1290. The monoisotopic (exact) mass is 588 g/mol. The zero-order valence-corrected chi connectivity index (χ0v) is 20.7. The van der Waals surface area contributed by atoms with Crippen LogP contribution in [0.25, 0.3) is 6.08 Å². The number of imide groups is 1. The number of thioether (sulfide) groups is 1. The van der Waals surface area contributed by atoms with Crippen LogP contribution in [-0.2, 0) is 11.4 Å². The van der Waals surface area contributed by atoms with Gasteiger partial charge < -0.3 is 9.47 Å². The number of methoxy groups -OCH3 is 1. The molecule has 0 aliphatic carbocycles. The number of carbonyl (C=O) groups is 2. The largest absolute Gasteiger partial charge is 0.493 e. The number of halogens is 1. The molecular formula is C24H17IN2O6S. The average molecular weight is 588 g/mol. The first-order valence-electron chi connectivity index (χ1n) is 9.94. The fourth-order valence-electron chi connectivity index (χ4n) is 3.25. The summed E-state index contributed by atoms with van der Waals surface area (Å²) in [5, 5.41) is 10.5. The summed E-state index contributed by atoms with van der Waals surface area (Å²) in [6.45, 7) is 0.194. The number of rotatable bonds is 7. The predicted octanol–water partition coefficient (Wildman–Crippen LogP) is 6.03. The van der Waals surface area contributed by atoms with Crippen LogP contribution in [0.4, 0.5) is 16.2 Å². The zero-order chi connectivity index (χ0) is 24.2. The highest BCUT2D eigenvalue weighted by Crippen LogP contribution is 2.39. The molecule has 0 bridgehead atoms. The number of para-hydroxylation sites is 1. The van der Waals surface area contributed by atoms with E-state index in [9.17, 15) is 19.7 Å². The van der Waals surface area contributed by atoms with Gasteiger partial charge in [0.2, 0.25) is 0 Å². The van der Waals surface area contributed by atoms with Gasteiger partial charge >= 0.3 is 0 Å². The second kappa shape index (κ2) is 10.3. The van der Waals surface area contributed by atoms with Gasteiger partial charge in [-0.2, -0.15) is 0 Å². The number of amides is 2. The Labute approximate surface area is 212 Å². The molecule has 1 aliphatic heterocycles. The van der Waals surface area contributed by atoms with Gasteiger partial charge in [-0.3, -0.25) is 19.7 Å². The first-order valence-corrected chi connectivity index (χ1v) is 11.8. The van der Waals surface area contributed by atoms with E-state index in [2.05, 4.69) is 22.6 Å². The van der Waals surface area contributed by atoms with Gasteiger partial charge in [-0.25, -0.2) is 4.90 Å². The van der Waals surface area contributed by atoms with Gasteiger partial charge in [-0.05, 0) is 88.0 Å². The van der Waals surface area contributed by atoms with Crippen molar-refractivity contribution >= 4 is 62.9 Å². The molecule has 2 amide bonds. The van der Waals surface area contributed by atoms with E-state index in [-0.39, 0.29) is 23.4 Å². The lowest BCUT2D eigenvalue weighted by Gasteiger charge is -2.14. The second-order valence-electron chi connectivity index (χ2n) is 7.10. The standard InChI is InChI=1S/C24H17IN2O6S/c1-32-20-12-16(13-21-23(28)26(24(29)34-21)17-5-3-2-4-6-17)11-19(25)22(20)33-14-15-7-9-18(10-8-15)27(30)31/h2-13H,14H2,1H3/b21-13-. The van der Waals surface area contributed by atoms with E-state index in [1.807, 2.05) is 12.1 Å². The minimum absolute atomic E-state index is 0.0111. The molecule has 1 fully saturated rings. The summed E-state index contributed by atoms with van der Waals surface area (Å²) in [4.78, 5) is 37.1. The van der Waals surface area contributed by atoms with Crippen LogP contribution in [-0.4, -0.2) is 23.2 Å². The number of nitro benzene ring substituents is 1. The van der Waals surface area contributed by atoms with Gasteiger partial charge in [0.25, 0.3) is 16.8 Å². The van der Waals surface area contributed by atoms with E-state index in [0.29, 0.717) is 27.7 Å². The summed E-state index contributed by atoms with van der Waals surface area (Å²) in [6, 6.07) is 18.4. The van der Waals surface area contributed by atoms with Gasteiger partial charge in [0.15, 0.2) is 11.5 Å². The first-order chi connectivity index (χ1) is 16.4. The van der Waals surface area contributed by atoms with Gasteiger partial charge in [0, 0.05) is 12.1 Å². The average Bonchev–Trinajstić information content (AvgIpc) is 3.11. The van der Waals surface area contributed by atoms with Crippen LogP contribution < -0.4 is 14.4 Å². The molecule has 34 heavy (non-hydrogen) atoms. The molecule has 0 atom stereocenters. The van der Waals surface area contributed by atoms with Crippen LogP contribution in [0.3, 0.4) is 0 Å². The van der Waals surface area contributed by atoms with Crippen molar-refractivity contribution in [3.05, 3.63) is 96.4 Å². The molecule has 1 saturated heterocycles. The lowest BCUT2D eigenvalue weighted by atomic mass is 10.1. The summed E-state index contributed by atoms with van der Waals surface area (Å²) in [5.74, 6) is 0.590. The summed E-state index contributed by atoms with van der Waals surface area (Å²) in [5.41, 5.74) is 1.98. The number of hydrogen-bond acceptors (Lipinski definition) is 7. The van der Waals surface area contributed by atoms with Crippen molar-refractivity contribution in [1.82, 2.24) is 0 Å². The smallest absolute Gasteiger partial charge is 0.298 e. The highest BCUT2D eigenvalue weighted by molar-refractivity contribution is 14.1. The minimum atomic E-state index is -0.455. The van der Waals surface area contributed by atoms with Crippen LogP contribution in [0.1, 0.15) is 11.1 Å². The third-order valence-corrected chi connectivity index (χ3v) is 6.56. The van der Waals surface area contributed by atoms with Gasteiger partial charge in [-0.1, -0.05) is 18.2 Å². The van der Waals surface area contributed by atoms with E-state index >= 15 is 0 Å². The number of anilines is 1. The number of nitrogens with zero attached hydrogens (tertiary/aromatic N) is 2. The quantitative estimate of drug-likeness (QED) is 0.144. The van der Waals surface area contributed by atoms with Crippen LogP contribution in [0.2, 0.25) is 0 Å². The lowest BCUT2D eigenvalue weighted by Crippen LogP contribution is -2.27. The fraction of sp³-hybridized carbons (Fsp3) is 0.0833. The van der Waals surface area contributed by atoms with Gasteiger partial charge in [0.05, 0.1) is 26.2 Å². The molecule has 0 unspecified atom stereocenters. The topological polar surface area (TPSA) is 99.0 Å². The van der Waals surface area contributed by atoms with Crippen LogP contribution in [0.5, 0.6) is 11.5 Å². The summed E-state index contributed by atoms with van der Waals surface area (Å²) >= 11 is 2.99. The molecule has 0 aromatic heterocycles. The van der Waals surface area contributed by atoms with Crippen LogP contribution in [0, 0.1) is 13.7 Å². The predicted molar refractivity (Wildman–Crippen MR) is 138 cm³/mol. The molecule has 0 saturated carbocycles. The molecule has 172 valence electrons. The highest BCUT2D eigenvalue weighted by Gasteiger charge is 2.36. The third-order valence-electron chi connectivity index (χ3n) is 4.89. The normalized spacial score (nSPS) is 14.5. The summed E-state index contributed by atoms with van der Waals surface area (Å²) in [6.07, 6.45) is 1.65. The van der Waals surface area contributed by atoms with Crippen molar-refractivity contribution in [3.8, 4) is 11.5 Å². The Kier molecular flexibility index (Phi) is 7.17. The van der Waals surface area contributed by atoms with E-state index in [4.69, 9.17) is 9.47 Å². The summed E-state index contributed by atoms with van der Waals surface area (Å²) in [7, 11) is 1.51. The van der Waals surface area contributed by atoms with E-state index < -0.39 is 4.92 Å². The Balaban J connectivity index is 1.55. The fourth-order valence-corrected chi connectivity index (χ4v) is 4.87. The van der Waals surface area contributed by atoms with Crippen molar-refractivity contribution in [3.63, 3.8) is 0 Å². The molecule has 4 rings (SSSR count). The zero-order valence-electron chi connectivity index (χ0n) is 17.8. The maximum absolute atomic E-state index is 12.9. The molecule has 1 heterocycles. The number of hydrogen-bond donors (Lipinski definition) is 0. The Hall–Kier alpha value is -3.38. The van der Waals surface area contributed by atoms with E-state index in [1.165, 1.54) is 19.2 Å². The number of ether oxygens (including phenoxy) is 2. The molecular weight excluding hydrogens is 571 g/mol. The second-order valence-corrected chi connectivity index (χ2v) is 9.25. The molecule has 1 aliphatic rings. The van der Waals surface area contributed by atoms with Crippen molar-refractivity contribution in [2.75, 3.05) is 12.0 Å². The molecule has 3 aromatic rings. The number of non-ortho nitro benzene ring substituents is 1. The van der Waals surface area contributed by atoms with E-state index in [0.717, 1.165) is 25.8 Å². The molecule has 3 aromatic carbocycles. The first kappa shape index (κ1) is 23.8. The van der Waals surface area contributed by atoms with Crippen LogP contribution >= 0.6 is 34.4 Å². The molecule has 10 heteroatoms. The van der Waals surface area contributed by atoms with Crippen molar-refractivity contribution in [1.29, 1.82) is 0 Å². The number of nitro groups is 1. The number of carbonyl (C=O) groups excluding carboxylic acids is 2. The third kappa shape index (κ3) is 5.07. The molecule has 0 radical (unpaired) electrons. The summed E-state index contributed by atoms with van der Waals surface area (Å²) < 4.78 is 12.2. The van der Waals surface area contributed by atoms with Gasteiger partial charge in [-0.15, -0.1) is 0 Å². The van der Waals surface area contributed by atoms with Crippen molar-refractivity contribution in [2.24, 2.45) is 0 Å². The van der Waals surface area contributed by atoms with Crippen molar-refractivity contribution < 1.29 is 24.0 Å². The Morgan fingerprint density at radius 2 is 1.79 bits per heavy atom. The lowest BCUT2D eigenvalue weighted by molar-refractivity contribution is -0.384. The molecule has 0 spiro atoms. The minimum Gasteiger partial charge on any atom is -0.493 e. The SMILES string of the molecule is COc1cc(/C=C2\SC(=O)N(c3ccccc3)C2=O)cc(I)c1OCc1ccc([N+](=O)[O-])cc1. The highest BCUT2D eigenvalue weighted by atomic mass is 127. The molecule has 8 nitrogen and oxygen atoms in total. The van der Waals surface area contributed by atoms with E-state index in [1.54, 1.807) is 48.5 Å².